The third kappa shape index (κ3) is 9.02. The molecule has 0 radical (unpaired) electrons. The average Bonchev–Trinajstić information content (AvgIpc) is 3.82. The molecule has 2 N–H and O–H groups in total. The highest BCUT2D eigenvalue weighted by Crippen LogP contribution is 2.42. The van der Waals surface area contributed by atoms with Gasteiger partial charge in [-0.3, -0.25) is 24.4 Å². The molecule has 2 aliphatic rings. The van der Waals surface area contributed by atoms with E-state index in [2.05, 4.69) is 60.3 Å². The van der Waals surface area contributed by atoms with E-state index in [1.165, 1.54) is 21.2 Å². The Balaban J connectivity index is 1.49. The van der Waals surface area contributed by atoms with Crippen molar-refractivity contribution in [2.75, 3.05) is 40.9 Å². The van der Waals surface area contributed by atoms with Crippen LogP contribution in [0, 0.1) is 11.3 Å². The Labute approximate surface area is 360 Å². The summed E-state index contributed by atoms with van der Waals surface area (Å²) >= 11 is 1.44. The number of cyclic esters (lactones) is 1. The number of nitrogens with one attached hydrogen (secondary N) is 2. The van der Waals surface area contributed by atoms with Crippen LogP contribution in [-0.2, 0) is 43.2 Å². The number of pyridine rings is 1. The molecule has 2 aliphatic heterocycles. The van der Waals surface area contributed by atoms with E-state index in [0.29, 0.717) is 43.9 Å². The number of aryl methyl sites for hydroxylation is 1. The number of urea groups is 1. The first-order valence-corrected chi connectivity index (χ1v) is 22.9. The lowest BCUT2D eigenvalue weighted by Gasteiger charge is -2.41. The standard InChI is InChI=1S/C44H62N8O6SSi/c1-11-49(8)42(56)50(9)37(26(3)4)39(53)47-44(60)23-35-46-33(24-59-35)28-17-18-34-30(21-28)31(38(51(34)12-2)29-15-13-19-45-36(29)27(5)57-10)22-43(6,7)25-58-40(54)32-16-14-20-52(48-32)41(44)55/h13,15,17-19,21,24,26-27,32,37,48H,11-12,14,16,20,22-23,25H2,1-10,60H3,(H,47,53)/t27-,32-,37-,44+/m0/s1. The van der Waals surface area contributed by atoms with E-state index in [0.717, 1.165) is 44.7 Å². The van der Waals surface area contributed by atoms with Crippen LogP contribution in [0.1, 0.15) is 83.7 Å². The smallest absolute Gasteiger partial charge is 0.324 e. The molecule has 4 amide bonds. The van der Waals surface area contributed by atoms with E-state index in [1.807, 2.05) is 39.1 Å². The van der Waals surface area contributed by atoms with Crippen molar-refractivity contribution in [1.29, 1.82) is 0 Å². The molecule has 6 bridgehead atoms. The molecule has 5 heterocycles. The Bertz CT molecular complexity index is 2240. The summed E-state index contributed by atoms with van der Waals surface area (Å²) in [5.41, 5.74) is 9.44. The van der Waals surface area contributed by atoms with Crippen molar-refractivity contribution in [1.82, 2.24) is 40.1 Å². The number of benzene rings is 1. The van der Waals surface area contributed by atoms with Gasteiger partial charge in [0.2, 0.25) is 5.91 Å². The number of rotatable bonds is 9. The van der Waals surface area contributed by atoms with Crippen LogP contribution in [0.5, 0.6) is 0 Å². The van der Waals surface area contributed by atoms with Gasteiger partial charge < -0.3 is 29.2 Å². The van der Waals surface area contributed by atoms with Crippen molar-refractivity contribution in [3.8, 4) is 22.5 Å². The van der Waals surface area contributed by atoms with Gasteiger partial charge in [0.1, 0.15) is 17.2 Å². The van der Waals surface area contributed by atoms with Crippen LogP contribution in [0.25, 0.3) is 33.4 Å². The van der Waals surface area contributed by atoms with Crippen molar-refractivity contribution in [2.45, 2.75) is 104 Å². The third-order valence-electron chi connectivity index (χ3n) is 11.9. The molecule has 0 spiro atoms. The number of aromatic nitrogens is 3. The monoisotopic (exact) mass is 858 g/mol. The quantitative estimate of drug-likeness (QED) is 0.177. The fourth-order valence-electron chi connectivity index (χ4n) is 8.54. The lowest BCUT2D eigenvalue weighted by atomic mass is 9.84. The number of methoxy groups -OCH3 is 1. The highest BCUT2D eigenvalue weighted by molar-refractivity contribution is 7.10. The van der Waals surface area contributed by atoms with Crippen molar-refractivity contribution >= 4 is 56.3 Å². The summed E-state index contributed by atoms with van der Waals surface area (Å²) in [6, 6.07) is 8.59. The molecule has 0 aliphatic carbocycles. The molecular formula is C44H62N8O6SSi. The Morgan fingerprint density at radius 2 is 1.90 bits per heavy atom. The SMILES string of the molecule is CCN(C)C(=O)N(C)[C@H](C(=O)N[C@@]1([SiH3])Cc2nc(cs2)-c2ccc3c(c2)c(c(-c2cccnc2[C@H](C)OC)n3CC)CC(C)(C)COC(=O)[C@@H]2CCCN(N2)C1=O)C(C)C. The van der Waals surface area contributed by atoms with Crippen LogP contribution in [0.2, 0.25) is 0 Å². The van der Waals surface area contributed by atoms with Crippen LogP contribution in [0.4, 0.5) is 4.79 Å². The predicted molar refractivity (Wildman–Crippen MR) is 238 cm³/mol. The van der Waals surface area contributed by atoms with Gasteiger partial charge in [-0.1, -0.05) is 33.8 Å². The Kier molecular flexibility index (Phi) is 13.6. The second-order valence-corrected chi connectivity index (χ2v) is 20.2. The van der Waals surface area contributed by atoms with Crippen LogP contribution < -0.4 is 10.7 Å². The summed E-state index contributed by atoms with van der Waals surface area (Å²) in [5, 5.41) is 7.01. The zero-order valence-electron chi connectivity index (χ0n) is 37.0. The molecule has 3 aromatic heterocycles. The zero-order valence-corrected chi connectivity index (χ0v) is 39.9. The van der Waals surface area contributed by atoms with Crippen LogP contribution in [-0.4, -0.2) is 122 Å². The number of hydrazine groups is 1. The lowest BCUT2D eigenvalue weighted by Crippen LogP contribution is -2.68. The topological polar surface area (TPSA) is 151 Å². The first-order valence-electron chi connectivity index (χ1n) is 21.1. The molecule has 60 heavy (non-hydrogen) atoms. The number of amides is 4. The van der Waals surface area contributed by atoms with E-state index in [-0.39, 0.29) is 47.2 Å². The van der Waals surface area contributed by atoms with Crippen molar-refractivity contribution < 1.29 is 28.7 Å². The molecule has 14 nitrogen and oxygen atoms in total. The van der Waals surface area contributed by atoms with Crippen LogP contribution >= 0.6 is 11.3 Å². The minimum atomic E-state index is -1.36. The molecule has 4 aromatic rings. The highest BCUT2D eigenvalue weighted by atomic mass is 32.1. The molecule has 6 rings (SSSR count). The number of likely N-dealkylation sites (N-methyl/N-ethyl adjacent to an activating group) is 1. The summed E-state index contributed by atoms with van der Waals surface area (Å²) in [4.78, 5) is 69.3. The Morgan fingerprint density at radius 1 is 1.15 bits per heavy atom. The number of carbonyl (C=O) groups excluding carboxylic acids is 4. The summed E-state index contributed by atoms with van der Waals surface area (Å²) in [7, 11) is 5.21. The third-order valence-corrected chi connectivity index (χ3v) is 13.8. The molecule has 324 valence electrons. The minimum Gasteiger partial charge on any atom is -0.464 e. The van der Waals surface area contributed by atoms with Gasteiger partial charge in [-0.25, -0.2) is 15.2 Å². The Hall–Kier alpha value is -4.64. The van der Waals surface area contributed by atoms with Gasteiger partial charge in [0.25, 0.3) is 5.91 Å². The maximum Gasteiger partial charge on any atom is 0.324 e. The fourth-order valence-corrected chi connectivity index (χ4v) is 10.6. The molecule has 1 saturated heterocycles. The van der Waals surface area contributed by atoms with Crippen LogP contribution in [0.3, 0.4) is 0 Å². The number of ether oxygens (including phenoxy) is 2. The highest BCUT2D eigenvalue weighted by Gasteiger charge is 2.44. The molecule has 1 aromatic carbocycles. The number of hydrogen-bond acceptors (Lipinski definition) is 10. The number of thiazole rings is 1. The summed E-state index contributed by atoms with van der Waals surface area (Å²) < 4.78 is 14.2. The van der Waals surface area contributed by atoms with E-state index < -0.39 is 34.5 Å². The first kappa shape index (κ1) is 44.9. The lowest BCUT2D eigenvalue weighted by molar-refractivity contribution is -0.156. The van der Waals surface area contributed by atoms with Gasteiger partial charge in [0.15, 0.2) is 0 Å². The maximum absolute atomic E-state index is 14.8. The number of nitrogens with zero attached hydrogens (tertiary/aromatic N) is 6. The van der Waals surface area contributed by atoms with E-state index in [9.17, 15) is 19.2 Å². The molecule has 0 saturated carbocycles. The van der Waals surface area contributed by atoms with Gasteiger partial charge in [-0.2, -0.15) is 0 Å². The fraction of sp³-hybridized carbons (Fsp3) is 0.545. The van der Waals surface area contributed by atoms with E-state index in [1.54, 1.807) is 32.3 Å². The first-order chi connectivity index (χ1) is 28.4. The molecular weight excluding hydrogens is 797 g/mol. The molecule has 0 unspecified atom stereocenters. The molecule has 4 atom stereocenters. The minimum absolute atomic E-state index is 0.138. The zero-order chi connectivity index (χ0) is 43.7. The van der Waals surface area contributed by atoms with E-state index >= 15 is 0 Å². The van der Waals surface area contributed by atoms with Gasteiger partial charge in [-0.05, 0) is 75.8 Å². The molecule has 1 fully saturated rings. The van der Waals surface area contributed by atoms with Gasteiger partial charge >= 0.3 is 12.0 Å². The van der Waals surface area contributed by atoms with Crippen LogP contribution in [0.15, 0.2) is 41.9 Å². The van der Waals surface area contributed by atoms with Gasteiger partial charge in [0, 0.05) is 96.5 Å². The van der Waals surface area contributed by atoms with Crippen molar-refractivity contribution in [3.05, 3.63) is 58.2 Å². The number of carbonyl (C=O) groups is 4. The van der Waals surface area contributed by atoms with Gasteiger partial charge in [0.05, 0.1) is 34.8 Å². The number of fused-ring (bicyclic) bond motifs is 6. The number of hydrogen-bond donors (Lipinski definition) is 2. The van der Waals surface area contributed by atoms with Crippen molar-refractivity contribution in [2.24, 2.45) is 11.3 Å². The summed E-state index contributed by atoms with van der Waals surface area (Å²) in [5.74, 6) is -1.45. The second-order valence-electron chi connectivity index (χ2n) is 17.6. The summed E-state index contributed by atoms with van der Waals surface area (Å²) in [6.45, 7) is 15.7. The molecule has 16 heteroatoms. The largest absolute Gasteiger partial charge is 0.464 e. The number of esters is 1. The average molecular weight is 859 g/mol. The Morgan fingerprint density at radius 3 is 2.58 bits per heavy atom. The summed E-state index contributed by atoms with van der Waals surface area (Å²) in [6.07, 6.45) is 3.34. The second kappa shape index (κ2) is 18.1. The van der Waals surface area contributed by atoms with Crippen molar-refractivity contribution in [3.63, 3.8) is 0 Å². The van der Waals surface area contributed by atoms with E-state index in [4.69, 9.17) is 19.4 Å². The maximum atomic E-state index is 14.8. The predicted octanol–water partition coefficient (Wildman–Crippen LogP) is 4.92. The van der Waals surface area contributed by atoms with Gasteiger partial charge in [-0.15, -0.1) is 11.3 Å². The normalized spacial score (nSPS) is 20.7.